The minimum absolute atomic E-state index is 0.119. The third-order valence-electron chi connectivity index (χ3n) is 4.20. The smallest absolute Gasteiger partial charge is 0.281 e. The molecule has 0 aromatic heterocycles. The summed E-state index contributed by atoms with van der Waals surface area (Å²) < 4.78 is 0. The van der Waals surface area contributed by atoms with Crippen molar-refractivity contribution in [1.82, 2.24) is 5.32 Å². The van der Waals surface area contributed by atoms with Gasteiger partial charge in [-0.05, 0) is 68.7 Å². The van der Waals surface area contributed by atoms with Gasteiger partial charge in [0.1, 0.15) is 5.70 Å². The molecule has 0 saturated carbocycles. The highest BCUT2D eigenvalue weighted by Gasteiger charge is 2.32. The predicted octanol–water partition coefficient (Wildman–Crippen LogP) is 4.18. The third-order valence-corrected chi connectivity index (χ3v) is 4.48. The Bertz CT molecular complexity index is 883. The van der Waals surface area contributed by atoms with E-state index in [1.54, 1.807) is 4.90 Å². The van der Waals surface area contributed by atoms with E-state index in [4.69, 9.17) is 12.2 Å². The molecule has 4 heteroatoms. The standard InChI is InChI=1S/C20H20N2OS/c1-12-5-7-16(14(3)9-12)11-17-19(23)22(20(24)21-17)18-8-6-13(2)10-15(18)4/h5-11H,1-4H3,(H,21,24)/b17-11-. The first-order valence-electron chi connectivity index (χ1n) is 7.88. The number of hydrogen-bond donors (Lipinski definition) is 1. The van der Waals surface area contributed by atoms with E-state index in [0.29, 0.717) is 10.8 Å². The van der Waals surface area contributed by atoms with Gasteiger partial charge in [-0.1, -0.05) is 41.5 Å². The largest absolute Gasteiger partial charge is 0.327 e. The molecule has 1 saturated heterocycles. The van der Waals surface area contributed by atoms with Crippen molar-refractivity contribution in [2.24, 2.45) is 0 Å². The zero-order valence-electron chi connectivity index (χ0n) is 14.3. The van der Waals surface area contributed by atoms with Crippen molar-refractivity contribution in [3.8, 4) is 0 Å². The second-order valence-electron chi connectivity index (χ2n) is 6.28. The van der Waals surface area contributed by atoms with Crippen molar-refractivity contribution >= 4 is 35.0 Å². The van der Waals surface area contributed by atoms with E-state index >= 15 is 0 Å². The molecule has 1 aliphatic rings. The summed E-state index contributed by atoms with van der Waals surface area (Å²) in [6, 6.07) is 12.2. The fourth-order valence-electron chi connectivity index (χ4n) is 2.95. The zero-order valence-corrected chi connectivity index (χ0v) is 15.1. The summed E-state index contributed by atoms with van der Waals surface area (Å²) in [5.74, 6) is -0.119. The first kappa shape index (κ1) is 16.4. The number of anilines is 1. The van der Waals surface area contributed by atoms with Gasteiger partial charge in [0.15, 0.2) is 5.11 Å². The molecule has 3 rings (SSSR count). The van der Waals surface area contributed by atoms with Gasteiger partial charge in [0, 0.05) is 0 Å². The van der Waals surface area contributed by atoms with Crippen molar-refractivity contribution in [1.29, 1.82) is 0 Å². The minimum atomic E-state index is -0.119. The number of rotatable bonds is 2. The van der Waals surface area contributed by atoms with Crippen LogP contribution in [0.2, 0.25) is 0 Å². The molecule has 0 spiro atoms. The molecule has 0 atom stereocenters. The molecule has 1 aliphatic heterocycles. The van der Waals surface area contributed by atoms with Crippen molar-refractivity contribution in [3.63, 3.8) is 0 Å². The van der Waals surface area contributed by atoms with Gasteiger partial charge in [-0.25, -0.2) is 0 Å². The van der Waals surface area contributed by atoms with Gasteiger partial charge in [0.05, 0.1) is 5.69 Å². The second kappa shape index (κ2) is 6.21. The Kier molecular flexibility index (Phi) is 4.24. The number of aryl methyl sites for hydroxylation is 4. The van der Waals surface area contributed by atoms with Crippen molar-refractivity contribution < 1.29 is 4.79 Å². The van der Waals surface area contributed by atoms with Crippen LogP contribution in [-0.4, -0.2) is 11.0 Å². The maximum absolute atomic E-state index is 12.8. The molecule has 1 amide bonds. The van der Waals surface area contributed by atoms with Crippen LogP contribution in [0.15, 0.2) is 42.1 Å². The topological polar surface area (TPSA) is 32.3 Å². The Morgan fingerprint density at radius 3 is 2.21 bits per heavy atom. The number of carbonyl (C=O) groups excluding carboxylic acids is 1. The highest BCUT2D eigenvalue weighted by atomic mass is 32.1. The van der Waals surface area contributed by atoms with Crippen LogP contribution in [0.5, 0.6) is 0 Å². The maximum atomic E-state index is 12.8. The SMILES string of the molecule is Cc1ccc(/C=C2\NC(=S)N(c3ccc(C)cc3C)C2=O)c(C)c1. The first-order chi connectivity index (χ1) is 11.4. The number of nitrogens with one attached hydrogen (secondary N) is 1. The summed E-state index contributed by atoms with van der Waals surface area (Å²) in [6.07, 6.45) is 1.87. The maximum Gasteiger partial charge on any atom is 0.281 e. The Labute approximate surface area is 148 Å². The van der Waals surface area contributed by atoms with Gasteiger partial charge in [-0.3, -0.25) is 9.69 Å². The molecule has 0 unspecified atom stereocenters. The number of nitrogens with zero attached hydrogens (tertiary/aromatic N) is 1. The number of hydrogen-bond acceptors (Lipinski definition) is 2. The summed E-state index contributed by atoms with van der Waals surface area (Å²) in [4.78, 5) is 14.4. The number of carbonyl (C=O) groups is 1. The molecule has 24 heavy (non-hydrogen) atoms. The normalized spacial score (nSPS) is 16.0. The van der Waals surface area contributed by atoms with E-state index in [1.165, 1.54) is 5.56 Å². The van der Waals surface area contributed by atoms with Crippen LogP contribution in [0.25, 0.3) is 6.08 Å². The summed E-state index contributed by atoms with van der Waals surface area (Å²) in [5.41, 5.74) is 6.87. The Morgan fingerprint density at radius 2 is 1.58 bits per heavy atom. The van der Waals surface area contributed by atoms with Gasteiger partial charge < -0.3 is 5.32 Å². The molecule has 2 aromatic carbocycles. The summed E-state index contributed by atoms with van der Waals surface area (Å²) in [6.45, 7) is 8.12. The van der Waals surface area contributed by atoms with E-state index in [0.717, 1.165) is 27.9 Å². The lowest BCUT2D eigenvalue weighted by molar-refractivity contribution is -0.113. The van der Waals surface area contributed by atoms with Crippen LogP contribution in [-0.2, 0) is 4.79 Å². The molecule has 2 aromatic rings. The summed E-state index contributed by atoms with van der Waals surface area (Å²) >= 11 is 5.39. The average Bonchev–Trinajstić information content (AvgIpc) is 2.77. The van der Waals surface area contributed by atoms with Crippen molar-refractivity contribution in [2.45, 2.75) is 27.7 Å². The van der Waals surface area contributed by atoms with E-state index in [9.17, 15) is 4.79 Å². The van der Waals surface area contributed by atoms with Gasteiger partial charge in [-0.15, -0.1) is 0 Å². The first-order valence-corrected chi connectivity index (χ1v) is 8.29. The lowest BCUT2D eigenvalue weighted by Crippen LogP contribution is -2.30. The summed E-state index contributed by atoms with van der Waals surface area (Å²) in [5, 5.41) is 3.47. The highest BCUT2D eigenvalue weighted by molar-refractivity contribution is 7.80. The van der Waals surface area contributed by atoms with E-state index in [1.807, 2.05) is 51.1 Å². The molecule has 122 valence electrons. The molecule has 0 bridgehead atoms. The van der Waals surface area contributed by atoms with Crippen LogP contribution < -0.4 is 10.2 Å². The van der Waals surface area contributed by atoms with Gasteiger partial charge in [0.25, 0.3) is 5.91 Å². The fourth-order valence-corrected chi connectivity index (χ4v) is 3.24. The Balaban J connectivity index is 1.98. The molecular formula is C20H20N2OS. The van der Waals surface area contributed by atoms with Gasteiger partial charge in [0.2, 0.25) is 0 Å². The Morgan fingerprint density at radius 1 is 0.958 bits per heavy atom. The van der Waals surface area contributed by atoms with Crippen LogP contribution in [0.1, 0.15) is 27.8 Å². The minimum Gasteiger partial charge on any atom is -0.327 e. The molecule has 1 heterocycles. The predicted molar refractivity (Wildman–Crippen MR) is 103 cm³/mol. The second-order valence-corrected chi connectivity index (χ2v) is 6.67. The monoisotopic (exact) mass is 336 g/mol. The third kappa shape index (κ3) is 2.97. The number of amides is 1. The van der Waals surface area contributed by atoms with Crippen LogP contribution in [0.3, 0.4) is 0 Å². The van der Waals surface area contributed by atoms with E-state index in [2.05, 4.69) is 24.4 Å². The van der Waals surface area contributed by atoms with Gasteiger partial charge >= 0.3 is 0 Å². The zero-order chi connectivity index (χ0) is 17.4. The molecule has 1 N–H and O–H groups in total. The van der Waals surface area contributed by atoms with Gasteiger partial charge in [-0.2, -0.15) is 0 Å². The number of thiocarbonyl (C=S) groups is 1. The quantitative estimate of drug-likeness (QED) is 0.659. The van der Waals surface area contributed by atoms with Crippen molar-refractivity contribution in [2.75, 3.05) is 4.90 Å². The van der Waals surface area contributed by atoms with Crippen LogP contribution in [0, 0.1) is 27.7 Å². The highest BCUT2D eigenvalue weighted by Crippen LogP contribution is 2.27. The molecular weight excluding hydrogens is 316 g/mol. The molecule has 0 aliphatic carbocycles. The van der Waals surface area contributed by atoms with Crippen molar-refractivity contribution in [3.05, 3.63) is 69.9 Å². The lowest BCUT2D eigenvalue weighted by Gasteiger charge is -2.17. The molecule has 0 radical (unpaired) electrons. The number of benzene rings is 2. The molecule has 1 fully saturated rings. The van der Waals surface area contributed by atoms with Crippen LogP contribution in [0.4, 0.5) is 5.69 Å². The van der Waals surface area contributed by atoms with E-state index < -0.39 is 0 Å². The Hall–Kier alpha value is -2.46. The molecule has 3 nitrogen and oxygen atoms in total. The summed E-state index contributed by atoms with van der Waals surface area (Å²) in [7, 11) is 0. The van der Waals surface area contributed by atoms with E-state index in [-0.39, 0.29) is 5.91 Å². The lowest BCUT2D eigenvalue weighted by atomic mass is 10.0. The van der Waals surface area contributed by atoms with Crippen LogP contribution >= 0.6 is 12.2 Å². The average molecular weight is 336 g/mol. The fraction of sp³-hybridized carbons (Fsp3) is 0.200.